The number of carbonyl (C=O) groups is 2. The monoisotopic (exact) mass is 389 g/mol. The van der Waals surface area contributed by atoms with Gasteiger partial charge in [0.1, 0.15) is 0 Å². The molecule has 0 spiro atoms. The first kappa shape index (κ1) is 20.8. The first-order valence-corrected chi connectivity index (χ1v) is 10.9. The van der Waals surface area contributed by atoms with Gasteiger partial charge < -0.3 is 10.2 Å². The van der Waals surface area contributed by atoms with E-state index in [0.717, 1.165) is 64.0 Å². The Bertz CT molecular complexity index is 610. The zero-order chi connectivity index (χ0) is 19.8. The molecule has 1 aromatic heterocycles. The highest BCUT2D eigenvalue weighted by atomic mass is 16.2. The number of likely N-dealkylation sites (N-methyl/N-ethyl adjacent to an activating group) is 1. The van der Waals surface area contributed by atoms with Crippen LogP contribution in [0.4, 0.5) is 0 Å². The summed E-state index contributed by atoms with van der Waals surface area (Å²) < 4.78 is 0. The maximum absolute atomic E-state index is 12.4. The molecule has 2 aliphatic heterocycles. The van der Waals surface area contributed by atoms with Crippen LogP contribution in [-0.4, -0.2) is 70.6 Å². The highest BCUT2D eigenvalue weighted by molar-refractivity contribution is 5.76. The minimum Gasteiger partial charge on any atom is -0.355 e. The molecule has 1 aromatic rings. The molecule has 1 atom stereocenters. The molecule has 156 valence electrons. The molecule has 7 heteroatoms. The summed E-state index contributed by atoms with van der Waals surface area (Å²) in [6.45, 7) is 6.86. The van der Waals surface area contributed by atoms with Crippen LogP contribution in [0.3, 0.4) is 0 Å². The number of carbonyl (C=O) groups excluding carboxylic acids is 2. The third-order valence-corrected chi connectivity index (χ3v) is 6.37. The molecule has 0 aliphatic carbocycles. The summed E-state index contributed by atoms with van der Waals surface area (Å²) in [5, 5.41) is 9.83. The molecule has 2 N–H and O–H groups in total. The molecule has 0 saturated carbocycles. The van der Waals surface area contributed by atoms with Crippen molar-refractivity contribution in [2.75, 3.05) is 32.7 Å². The second-order valence-electron chi connectivity index (χ2n) is 8.20. The number of aryl methyl sites for hydroxylation is 1. The number of aromatic nitrogens is 2. The van der Waals surface area contributed by atoms with Crippen molar-refractivity contribution in [1.29, 1.82) is 0 Å². The molecule has 0 aromatic carbocycles. The van der Waals surface area contributed by atoms with Gasteiger partial charge in [0.15, 0.2) is 0 Å². The van der Waals surface area contributed by atoms with E-state index in [0.29, 0.717) is 24.8 Å². The molecule has 2 amide bonds. The molecular weight excluding hydrogens is 354 g/mol. The van der Waals surface area contributed by atoms with Gasteiger partial charge in [0, 0.05) is 44.7 Å². The molecule has 28 heavy (non-hydrogen) atoms. The van der Waals surface area contributed by atoms with Crippen LogP contribution in [0.2, 0.25) is 0 Å². The number of hydrogen-bond donors (Lipinski definition) is 2. The van der Waals surface area contributed by atoms with E-state index in [-0.39, 0.29) is 11.8 Å². The van der Waals surface area contributed by atoms with Gasteiger partial charge in [0.25, 0.3) is 0 Å². The van der Waals surface area contributed by atoms with Crippen LogP contribution < -0.4 is 5.32 Å². The number of aromatic amines is 1. The molecule has 3 heterocycles. The molecule has 2 fully saturated rings. The Morgan fingerprint density at radius 2 is 2.04 bits per heavy atom. The Morgan fingerprint density at radius 3 is 2.75 bits per heavy atom. The molecule has 0 bridgehead atoms. The third-order valence-electron chi connectivity index (χ3n) is 6.37. The zero-order valence-electron chi connectivity index (χ0n) is 17.2. The van der Waals surface area contributed by atoms with Gasteiger partial charge in [0.2, 0.25) is 11.8 Å². The minimum absolute atomic E-state index is 0.182. The molecule has 2 saturated heterocycles. The van der Waals surface area contributed by atoms with E-state index in [1.54, 1.807) is 6.20 Å². The summed E-state index contributed by atoms with van der Waals surface area (Å²) in [6.07, 6.45) is 10.9. The second kappa shape index (κ2) is 10.6. The number of piperidine rings is 1. The number of likely N-dealkylation sites (tertiary alicyclic amines) is 2. The van der Waals surface area contributed by atoms with E-state index in [1.807, 2.05) is 11.1 Å². The smallest absolute Gasteiger partial charge is 0.222 e. The summed E-state index contributed by atoms with van der Waals surface area (Å²) in [5.41, 5.74) is 1.08. The number of rotatable bonds is 9. The Hall–Kier alpha value is -1.89. The predicted octanol–water partition coefficient (Wildman–Crippen LogP) is 1.96. The van der Waals surface area contributed by atoms with Crippen LogP contribution >= 0.6 is 0 Å². The topological polar surface area (TPSA) is 81.3 Å². The average Bonchev–Trinajstić information content (AvgIpc) is 3.40. The van der Waals surface area contributed by atoms with Gasteiger partial charge in [-0.25, -0.2) is 0 Å². The van der Waals surface area contributed by atoms with Crippen molar-refractivity contribution in [2.45, 2.75) is 64.3 Å². The van der Waals surface area contributed by atoms with Gasteiger partial charge in [-0.3, -0.25) is 19.6 Å². The van der Waals surface area contributed by atoms with Gasteiger partial charge in [0.05, 0.1) is 6.20 Å². The van der Waals surface area contributed by atoms with E-state index in [4.69, 9.17) is 0 Å². The fraction of sp³-hybridized carbons (Fsp3) is 0.762. The third kappa shape index (κ3) is 6.06. The van der Waals surface area contributed by atoms with Crippen molar-refractivity contribution >= 4 is 11.8 Å². The molecule has 0 unspecified atom stereocenters. The van der Waals surface area contributed by atoms with Gasteiger partial charge in [-0.2, -0.15) is 5.10 Å². The number of amides is 2. The zero-order valence-corrected chi connectivity index (χ0v) is 17.2. The van der Waals surface area contributed by atoms with Crippen molar-refractivity contribution < 1.29 is 9.59 Å². The first-order chi connectivity index (χ1) is 13.7. The summed E-state index contributed by atoms with van der Waals surface area (Å²) in [4.78, 5) is 29.0. The van der Waals surface area contributed by atoms with E-state index in [2.05, 4.69) is 27.3 Å². The SMILES string of the molecule is CCN1CCC[C@H]1CNC(=O)CCC1CCN(C(=O)CCc2cn[nH]c2)CC1. The van der Waals surface area contributed by atoms with Crippen LogP contribution in [0.5, 0.6) is 0 Å². The summed E-state index contributed by atoms with van der Waals surface area (Å²) in [5.74, 6) is 0.971. The fourth-order valence-corrected chi connectivity index (χ4v) is 4.49. The Kier molecular flexibility index (Phi) is 7.89. The van der Waals surface area contributed by atoms with Crippen molar-refractivity contribution in [3.05, 3.63) is 18.0 Å². The first-order valence-electron chi connectivity index (χ1n) is 10.9. The second-order valence-corrected chi connectivity index (χ2v) is 8.20. The Morgan fingerprint density at radius 1 is 1.21 bits per heavy atom. The maximum atomic E-state index is 12.4. The van der Waals surface area contributed by atoms with Gasteiger partial charge in [-0.05, 0) is 63.1 Å². The van der Waals surface area contributed by atoms with E-state index < -0.39 is 0 Å². The highest BCUT2D eigenvalue weighted by Gasteiger charge is 2.25. The number of nitrogens with one attached hydrogen (secondary N) is 2. The van der Waals surface area contributed by atoms with Crippen LogP contribution in [0.15, 0.2) is 12.4 Å². The summed E-state index contributed by atoms with van der Waals surface area (Å²) in [6, 6.07) is 0.519. The highest BCUT2D eigenvalue weighted by Crippen LogP contribution is 2.23. The normalized spacial score (nSPS) is 21.2. The van der Waals surface area contributed by atoms with E-state index in [1.165, 1.54) is 12.8 Å². The van der Waals surface area contributed by atoms with Gasteiger partial charge in [-0.1, -0.05) is 6.92 Å². The summed E-state index contributed by atoms with van der Waals surface area (Å²) in [7, 11) is 0. The molecule has 0 radical (unpaired) electrons. The minimum atomic E-state index is 0.182. The van der Waals surface area contributed by atoms with Crippen LogP contribution in [0.1, 0.15) is 57.4 Å². The Balaban J connectivity index is 1.27. The van der Waals surface area contributed by atoms with Crippen LogP contribution in [0, 0.1) is 5.92 Å². The lowest BCUT2D eigenvalue weighted by Gasteiger charge is -2.32. The molecule has 2 aliphatic rings. The summed E-state index contributed by atoms with van der Waals surface area (Å²) >= 11 is 0. The lowest BCUT2D eigenvalue weighted by atomic mass is 9.92. The van der Waals surface area contributed by atoms with Crippen molar-refractivity contribution in [3.63, 3.8) is 0 Å². The van der Waals surface area contributed by atoms with Crippen molar-refractivity contribution in [3.8, 4) is 0 Å². The fourth-order valence-electron chi connectivity index (χ4n) is 4.49. The average molecular weight is 390 g/mol. The molecule has 7 nitrogen and oxygen atoms in total. The van der Waals surface area contributed by atoms with E-state index in [9.17, 15) is 9.59 Å². The number of hydrogen-bond acceptors (Lipinski definition) is 4. The Labute approximate surface area is 168 Å². The van der Waals surface area contributed by atoms with Gasteiger partial charge in [-0.15, -0.1) is 0 Å². The van der Waals surface area contributed by atoms with Crippen LogP contribution in [-0.2, 0) is 16.0 Å². The van der Waals surface area contributed by atoms with Crippen molar-refractivity contribution in [2.24, 2.45) is 5.92 Å². The van der Waals surface area contributed by atoms with Crippen LogP contribution in [0.25, 0.3) is 0 Å². The predicted molar refractivity (Wildman–Crippen MR) is 109 cm³/mol. The number of H-pyrrole nitrogens is 1. The molecule has 3 rings (SSSR count). The quantitative estimate of drug-likeness (QED) is 0.676. The standard InChI is InChI=1S/C21H35N5O2/c1-2-25-11-3-4-19(25)16-22-20(27)7-5-17-9-12-26(13-10-17)21(28)8-6-18-14-23-24-15-18/h14-15,17,19H,2-13,16H2,1H3,(H,22,27)(H,23,24)/t19-/m0/s1. The van der Waals surface area contributed by atoms with Gasteiger partial charge >= 0.3 is 0 Å². The lowest BCUT2D eigenvalue weighted by Crippen LogP contribution is -2.40. The van der Waals surface area contributed by atoms with E-state index >= 15 is 0 Å². The largest absolute Gasteiger partial charge is 0.355 e. The number of nitrogens with zero attached hydrogens (tertiary/aromatic N) is 3. The lowest BCUT2D eigenvalue weighted by molar-refractivity contribution is -0.132. The van der Waals surface area contributed by atoms with Crippen molar-refractivity contribution in [1.82, 2.24) is 25.3 Å². The molecular formula is C21H35N5O2. The maximum Gasteiger partial charge on any atom is 0.222 e.